The van der Waals surface area contributed by atoms with Crippen molar-refractivity contribution in [2.75, 3.05) is 43.1 Å². The zero-order chi connectivity index (χ0) is 31.4. The Morgan fingerprint density at radius 3 is 2.45 bits per heavy atom. The minimum atomic E-state index is -1.15. The quantitative estimate of drug-likeness (QED) is 0.158. The smallest absolute Gasteiger partial charge is 0.259 e. The highest BCUT2D eigenvalue weighted by Crippen LogP contribution is 2.40. The van der Waals surface area contributed by atoms with Crippen LogP contribution in [-0.4, -0.2) is 59.6 Å². The molecule has 1 aromatic carbocycles. The molecule has 0 saturated heterocycles. The normalized spacial score (nSPS) is 14.8. The summed E-state index contributed by atoms with van der Waals surface area (Å²) >= 11 is 1.69. The van der Waals surface area contributed by atoms with E-state index < -0.39 is 5.41 Å². The van der Waals surface area contributed by atoms with Crippen molar-refractivity contribution in [2.45, 2.75) is 53.6 Å². The van der Waals surface area contributed by atoms with E-state index in [9.17, 15) is 14.4 Å². The molecular formula is C34H41N5O4S. The summed E-state index contributed by atoms with van der Waals surface area (Å²) in [5.74, 6) is 0.197. The van der Waals surface area contributed by atoms with Crippen molar-refractivity contribution < 1.29 is 14.3 Å². The third-order valence-electron chi connectivity index (χ3n) is 8.29. The van der Waals surface area contributed by atoms with Gasteiger partial charge in [0.15, 0.2) is 0 Å². The highest BCUT2D eigenvalue weighted by Gasteiger charge is 2.45. The minimum absolute atomic E-state index is 0.0593. The minimum Gasteiger partial charge on any atom is -0.493 e. The number of carbonyl (C=O) groups excluding carboxylic acids is 2. The first-order chi connectivity index (χ1) is 21.1. The van der Waals surface area contributed by atoms with Gasteiger partial charge < -0.3 is 19.1 Å². The van der Waals surface area contributed by atoms with E-state index in [1.165, 1.54) is 4.88 Å². The number of aromatic nitrogens is 2. The number of pyridine rings is 2. The van der Waals surface area contributed by atoms with E-state index in [1.54, 1.807) is 54.4 Å². The molecule has 1 aliphatic rings. The monoisotopic (exact) mass is 615 g/mol. The Morgan fingerprint density at radius 1 is 0.955 bits per heavy atom. The first-order valence-corrected chi connectivity index (χ1v) is 16.1. The average Bonchev–Trinajstić information content (AvgIpc) is 3.45. The highest BCUT2D eigenvalue weighted by molar-refractivity contribution is 7.19. The van der Waals surface area contributed by atoms with E-state index in [1.807, 2.05) is 60.2 Å². The standard InChI is InChI=1S/C34H41N5O4S/c1-6-26-22-27-30(44-26)13-17-38(31(27)40)19-18-37(23-24-11-14-35-15-12-24)16-8-20-43-25-9-10-28-29(21-25)36(5)32(41)34(3,4)33(42)39(28)7-2/h9-15,17,21-22H,6-8,16,18-20,23H2,1-5H3. The fourth-order valence-electron chi connectivity index (χ4n) is 5.69. The fraction of sp³-hybridized carbons (Fsp3) is 0.412. The second kappa shape index (κ2) is 13.3. The fourth-order valence-corrected chi connectivity index (χ4v) is 6.68. The maximum Gasteiger partial charge on any atom is 0.259 e. The lowest BCUT2D eigenvalue weighted by atomic mass is 9.90. The van der Waals surface area contributed by atoms with Gasteiger partial charge >= 0.3 is 0 Å². The lowest BCUT2D eigenvalue weighted by Gasteiger charge is -2.27. The van der Waals surface area contributed by atoms with Crippen molar-refractivity contribution in [3.8, 4) is 5.75 Å². The molecule has 0 radical (unpaired) electrons. The number of aryl methyl sites for hydroxylation is 1. The van der Waals surface area contributed by atoms with E-state index in [2.05, 4.69) is 16.8 Å². The molecule has 0 atom stereocenters. The Bertz CT molecular complexity index is 1700. The summed E-state index contributed by atoms with van der Waals surface area (Å²) < 4.78 is 9.01. The van der Waals surface area contributed by atoms with Crippen LogP contribution in [0.15, 0.2) is 65.8 Å². The van der Waals surface area contributed by atoms with Crippen LogP contribution in [0, 0.1) is 5.41 Å². The van der Waals surface area contributed by atoms with E-state index in [0.717, 1.165) is 41.6 Å². The van der Waals surface area contributed by atoms with E-state index >= 15 is 0 Å². The molecule has 1 aliphatic heterocycles. The number of fused-ring (bicyclic) bond motifs is 2. The summed E-state index contributed by atoms with van der Waals surface area (Å²) in [5.41, 5.74) is 1.43. The Hall–Kier alpha value is -4.02. The number of rotatable bonds is 12. The number of thiophene rings is 1. The molecule has 4 heterocycles. The van der Waals surface area contributed by atoms with Crippen LogP contribution in [0.5, 0.6) is 5.75 Å². The van der Waals surface area contributed by atoms with Crippen molar-refractivity contribution in [3.63, 3.8) is 0 Å². The molecule has 2 amide bonds. The average molecular weight is 616 g/mol. The molecule has 5 rings (SSSR count). The molecule has 0 aliphatic carbocycles. The van der Waals surface area contributed by atoms with Gasteiger partial charge in [0.05, 0.1) is 23.4 Å². The molecule has 4 aromatic rings. The van der Waals surface area contributed by atoms with Crippen LogP contribution >= 0.6 is 11.3 Å². The number of hydrogen-bond donors (Lipinski definition) is 0. The molecule has 0 saturated carbocycles. The molecule has 232 valence electrons. The Morgan fingerprint density at radius 2 is 1.73 bits per heavy atom. The van der Waals surface area contributed by atoms with Gasteiger partial charge in [0.2, 0.25) is 11.8 Å². The molecule has 0 unspecified atom stereocenters. The number of carbonyl (C=O) groups is 2. The molecule has 44 heavy (non-hydrogen) atoms. The summed E-state index contributed by atoms with van der Waals surface area (Å²) in [7, 11) is 1.71. The van der Waals surface area contributed by atoms with Crippen molar-refractivity contribution in [2.24, 2.45) is 5.41 Å². The predicted octanol–water partition coefficient (Wildman–Crippen LogP) is 5.35. The second-order valence-electron chi connectivity index (χ2n) is 11.7. The van der Waals surface area contributed by atoms with Crippen molar-refractivity contribution in [3.05, 3.63) is 81.8 Å². The predicted molar refractivity (Wildman–Crippen MR) is 177 cm³/mol. The first kappa shape index (κ1) is 31.4. The van der Waals surface area contributed by atoms with Crippen LogP contribution < -0.4 is 20.1 Å². The van der Waals surface area contributed by atoms with Crippen molar-refractivity contribution in [1.29, 1.82) is 0 Å². The van der Waals surface area contributed by atoms with Gasteiger partial charge in [-0.3, -0.25) is 24.3 Å². The van der Waals surface area contributed by atoms with Gasteiger partial charge in [-0.15, -0.1) is 11.3 Å². The number of benzene rings is 1. The maximum absolute atomic E-state index is 13.2. The largest absolute Gasteiger partial charge is 0.493 e. The molecule has 9 nitrogen and oxygen atoms in total. The van der Waals surface area contributed by atoms with Crippen LogP contribution in [0.4, 0.5) is 11.4 Å². The second-order valence-corrected chi connectivity index (χ2v) is 12.8. The topological polar surface area (TPSA) is 88.0 Å². The molecule has 0 spiro atoms. The number of nitrogens with zero attached hydrogens (tertiary/aromatic N) is 5. The third-order valence-corrected chi connectivity index (χ3v) is 9.54. The lowest BCUT2D eigenvalue weighted by Crippen LogP contribution is -2.47. The maximum atomic E-state index is 13.2. The van der Waals surface area contributed by atoms with Crippen LogP contribution in [0.1, 0.15) is 44.6 Å². The molecule has 0 bridgehead atoms. The Labute approximate surface area is 262 Å². The number of hydrogen-bond acceptors (Lipinski definition) is 7. The van der Waals surface area contributed by atoms with Gasteiger partial charge in [0, 0.05) is 74.0 Å². The van der Waals surface area contributed by atoms with E-state index in [0.29, 0.717) is 43.4 Å². The first-order valence-electron chi connectivity index (χ1n) is 15.2. The van der Waals surface area contributed by atoms with Crippen molar-refractivity contribution in [1.82, 2.24) is 14.5 Å². The number of anilines is 2. The van der Waals surface area contributed by atoms with Gasteiger partial charge in [-0.05, 0) is 75.6 Å². The molecule has 0 fully saturated rings. The van der Waals surface area contributed by atoms with Crippen LogP contribution in [0.25, 0.3) is 10.1 Å². The summed E-state index contributed by atoms with van der Waals surface area (Å²) in [6.45, 7) is 11.1. The summed E-state index contributed by atoms with van der Waals surface area (Å²) in [5, 5.41) is 0.798. The zero-order valence-corrected chi connectivity index (χ0v) is 27.0. The molecule has 10 heteroatoms. The number of ether oxygens (including phenoxy) is 1. The molecule has 0 N–H and O–H groups in total. The Kier molecular flexibility index (Phi) is 9.51. The van der Waals surface area contributed by atoms with E-state index in [4.69, 9.17) is 4.74 Å². The number of amides is 2. The van der Waals surface area contributed by atoms with E-state index in [-0.39, 0.29) is 17.4 Å². The van der Waals surface area contributed by atoms with Crippen LogP contribution in [0.3, 0.4) is 0 Å². The zero-order valence-electron chi connectivity index (χ0n) is 26.2. The van der Waals surface area contributed by atoms with Gasteiger partial charge in [0.1, 0.15) is 11.2 Å². The van der Waals surface area contributed by atoms with Gasteiger partial charge in [0.25, 0.3) is 5.56 Å². The summed E-state index contributed by atoms with van der Waals surface area (Å²) in [4.78, 5) is 50.4. The highest BCUT2D eigenvalue weighted by atomic mass is 32.1. The van der Waals surface area contributed by atoms with Gasteiger partial charge in [-0.2, -0.15) is 0 Å². The molecule has 3 aromatic heterocycles. The van der Waals surface area contributed by atoms with Gasteiger partial charge in [-0.25, -0.2) is 0 Å². The molecular weight excluding hydrogens is 574 g/mol. The SMILES string of the molecule is CCc1cc2c(=O)n(CCN(CCCOc3ccc4c(c3)N(C)C(=O)C(C)(C)C(=O)N4CC)Cc3ccncc3)ccc2s1. The van der Waals surface area contributed by atoms with Crippen LogP contribution in [0.2, 0.25) is 0 Å². The van der Waals surface area contributed by atoms with Crippen molar-refractivity contribution >= 4 is 44.6 Å². The summed E-state index contributed by atoms with van der Waals surface area (Å²) in [6, 6.07) is 13.7. The lowest BCUT2D eigenvalue weighted by molar-refractivity contribution is -0.137. The third kappa shape index (κ3) is 6.42. The summed E-state index contributed by atoms with van der Waals surface area (Å²) in [6.07, 6.45) is 7.19. The van der Waals surface area contributed by atoms with Crippen LogP contribution in [-0.2, 0) is 29.1 Å². The Balaban J connectivity index is 1.25. The van der Waals surface area contributed by atoms with Gasteiger partial charge in [-0.1, -0.05) is 6.92 Å².